The highest BCUT2D eigenvalue weighted by Crippen LogP contribution is 2.31. The summed E-state index contributed by atoms with van der Waals surface area (Å²) in [5.41, 5.74) is 1.72. The lowest BCUT2D eigenvalue weighted by Crippen LogP contribution is -2.56. The molecule has 3 heterocycles. The standard InChI is InChI=1S/C22H27N5O4S/c1-15-21(16(2)31-25-15)24-22(28)26-13-18-6-7-19(14-26)27(18)10-3-11-32(29,30)20-8-4-17(12-23)5-9-20/h4-5,8-9,18-19H,3,6-7,10-11,13-14H2,1-2H3,(H,24,28). The van der Waals surface area contributed by atoms with Gasteiger partial charge in [-0.05, 0) is 63.9 Å². The van der Waals surface area contributed by atoms with Crippen molar-refractivity contribution in [2.45, 2.75) is 50.1 Å². The van der Waals surface area contributed by atoms with Gasteiger partial charge in [0.1, 0.15) is 11.4 Å². The van der Waals surface area contributed by atoms with E-state index in [0.29, 0.717) is 48.8 Å². The average molecular weight is 458 g/mol. The van der Waals surface area contributed by atoms with Crippen LogP contribution in [0.1, 0.15) is 36.3 Å². The van der Waals surface area contributed by atoms with Crippen molar-refractivity contribution in [2.75, 3.05) is 30.7 Å². The molecule has 0 spiro atoms. The lowest BCUT2D eigenvalue weighted by atomic mass is 10.2. The van der Waals surface area contributed by atoms with Crippen LogP contribution < -0.4 is 5.32 Å². The summed E-state index contributed by atoms with van der Waals surface area (Å²) in [6.45, 7) is 5.48. The van der Waals surface area contributed by atoms with E-state index >= 15 is 0 Å². The van der Waals surface area contributed by atoms with E-state index in [2.05, 4.69) is 15.4 Å². The largest absolute Gasteiger partial charge is 0.359 e. The predicted molar refractivity (Wildman–Crippen MR) is 118 cm³/mol. The molecule has 1 aromatic carbocycles. The molecule has 2 saturated heterocycles. The highest BCUT2D eigenvalue weighted by atomic mass is 32.2. The second-order valence-corrected chi connectivity index (χ2v) is 10.6. The molecule has 9 nitrogen and oxygen atoms in total. The number of aryl methyl sites for hydroxylation is 2. The van der Waals surface area contributed by atoms with Crippen LogP contribution in [0.25, 0.3) is 0 Å². The number of likely N-dealkylation sites (tertiary alicyclic amines) is 1. The first-order chi connectivity index (χ1) is 15.3. The molecule has 4 rings (SSSR count). The average Bonchev–Trinajstić information content (AvgIpc) is 3.21. The topological polar surface area (TPSA) is 120 Å². The van der Waals surface area contributed by atoms with Crippen molar-refractivity contribution >= 4 is 21.6 Å². The van der Waals surface area contributed by atoms with E-state index in [4.69, 9.17) is 9.78 Å². The first kappa shape index (κ1) is 22.3. The summed E-state index contributed by atoms with van der Waals surface area (Å²) in [6.07, 6.45) is 2.53. The van der Waals surface area contributed by atoms with Crippen LogP contribution in [0.5, 0.6) is 0 Å². The van der Waals surface area contributed by atoms with Gasteiger partial charge < -0.3 is 14.7 Å². The molecule has 2 unspecified atom stereocenters. The van der Waals surface area contributed by atoms with Gasteiger partial charge in [0.15, 0.2) is 15.6 Å². The molecule has 2 atom stereocenters. The van der Waals surface area contributed by atoms with Crippen LogP contribution in [0.2, 0.25) is 0 Å². The van der Waals surface area contributed by atoms with Crippen LogP contribution >= 0.6 is 0 Å². The number of carbonyl (C=O) groups is 1. The van der Waals surface area contributed by atoms with Crippen LogP contribution in [-0.2, 0) is 9.84 Å². The number of anilines is 1. The van der Waals surface area contributed by atoms with E-state index in [1.807, 2.05) is 11.0 Å². The predicted octanol–water partition coefficient (Wildman–Crippen LogP) is 2.71. The Balaban J connectivity index is 1.31. The number of sulfone groups is 1. The highest BCUT2D eigenvalue weighted by molar-refractivity contribution is 7.91. The van der Waals surface area contributed by atoms with Gasteiger partial charge in [0.05, 0.1) is 22.3 Å². The molecule has 10 heteroatoms. The third kappa shape index (κ3) is 4.49. The number of hydrogen-bond donors (Lipinski definition) is 1. The number of fused-ring (bicyclic) bond motifs is 2. The van der Waals surface area contributed by atoms with Gasteiger partial charge in [-0.25, -0.2) is 13.2 Å². The van der Waals surface area contributed by atoms with Crippen LogP contribution in [0.3, 0.4) is 0 Å². The van der Waals surface area contributed by atoms with Gasteiger partial charge in [0.2, 0.25) is 0 Å². The fourth-order valence-corrected chi connectivity index (χ4v) is 5.96. The number of nitrogens with one attached hydrogen (secondary N) is 1. The van der Waals surface area contributed by atoms with Gasteiger partial charge in [-0.15, -0.1) is 0 Å². The van der Waals surface area contributed by atoms with Crippen molar-refractivity contribution in [1.82, 2.24) is 15.0 Å². The number of carbonyl (C=O) groups excluding carboxylic acids is 1. The number of benzene rings is 1. The Hall–Kier alpha value is -2.90. The second kappa shape index (κ2) is 8.92. The van der Waals surface area contributed by atoms with E-state index in [9.17, 15) is 13.2 Å². The van der Waals surface area contributed by atoms with E-state index < -0.39 is 9.84 Å². The van der Waals surface area contributed by atoms with Crippen LogP contribution in [0.15, 0.2) is 33.7 Å². The Bertz CT molecular complexity index is 1100. The summed E-state index contributed by atoms with van der Waals surface area (Å²) in [4.78, 5) is 17.2. The monoisotopic (exact) mass is 457 g/mol. The number of amides is 2. The fraction of sp³-hybridized carbons (Fsp3) is 0.500. The van der Waals surface area contributed by atoms with Gasteiger partial charge in [-0.1, -0.05) is 5.16 Å². The summed E-state index contributed by atoms with van der Waals surface area (Å²) in [6, 6.07) is 8.36. The highest BCUT2D eigenvalue weighted by Gasteiger charge is 2.41. The minimum absolute atomic E-state index is 0.0606. The molecule has 2 bridgehead atoms. The Labute approximate surface area is 187 Å². The number of nitriles is 1. The molecule has 32 heavy (non-hydrogen) atoms. The molecular weight excluding hydrogens is 430 g/mol. The summed E-state index contributed by atoms with van der Waals surface area (Å²) >= 11 is 0. The zero-order valence-corrected chi connectivity index (χ0v) is 19.1. The number of aromatic nitrogens is 1. The zero-order valence-electron chi connectivity index (χ0n) is 18.2. The number of nitrogens with zero attached hydrogens (tertiary/aromatic N) is 4. The molecule has 0 radical (unpaired) electrons. The maximum atomic E-state index is 12.8. The smallest absolute Gasteiger partial charge is 0.322 e. The van der Waals surface area contributed by atoms with Gasteiger partial charge in [-0.2, -0.15) is 5.26 Å². The van der Waals surface area contributed by atoms with Crippen molar-refractivity contribution in [3.05, 3.63) is 41.3 Å². The van der Waals surface area contributed by atoms with Gasteiger partial charge in [0.25, 0.3) is 0 Å². The second-order valence-electron chi connectivity index (χ2n) is 8.47. The SMILES string of the molecule is Cc1noc(C)c1NC(=O)N1CC2CCC(C1)N2CCCS(=O)(=O)c1ccc(C#N)cc1. The molecular formula is C22H27N5O4S. The third-order valence-corrected chi connectivity index (χ3v) is 8.17. The van der Waals surface area contributed by atoms with Gasteiger partial charge in [-0.3, -0.25) is 4.90 Å². The number of rotatable bonds is 6. The first-order valence-electron chi connectivity index (χ1n) is 10.8. The van der Waals surface area contributed by atoms with Crippen LogP contribution in [-0.4, -0.2) is 66.9 Å². The lowest BCUT2D eigenvalue weighted by Gasteiger charge is -2.41. The van der Waals surface area contributed by atoms with Gasteiger partial charge >= 0.3 is 6.03 Å². The molecule has 1 aromatic heterocycles. The Morgan fingerprint density at radius 3 is 2.44 bits per heavy atom. The zero-order chi connectivity index (χ0) is 22.9. The molecule has 1 N–H and O–H groups in total. The van der Waals surface area contributed by atoms with Crippen LogP contribution in [0.4, 0.5) is 10.5 Å². The Morgan fingerprint density at radius 2 is 1.88 bits per heavy atom. The molecule has 2 aromatic rings. The molecule has 0 saturated carbocycles. The van der Waals surface area contributed by atoms with E-state index in [0.717, 1.165) is 12.8 Å². The molecule has 2 fully saturated rings. The van der Waals surface area contributed by atoms with Crippen molar-refractivity contribution in [2.24, 2.45) is 0 Å². The van der Waals surface area contributed by atoms with Crippen molar-refractivity contribution in [3.8, 4) is 6.07 Å². The maximum Gasteiger partial charge on any atom is 0.322 e. The van der Waals surface area contributed by atoms with Crippen molar-refractivity contribution in [3.63, 3.8) is 0 Å². The molecule has 2 aliphatic heterocycles. The fourth-order valence-electron chi connectivity index (χ4n) is 4.66. The summed E-state index contributed by atoms with van der Waals surface area (Å²) < 4.78 is 30.4. The van der Waals surface area contributed by atoms with E-state index in [1.165, 1.54) is 24.3 Å². The van der Waals surface area contributed by atoms with Crippen LogP contribution in [0, 0.1) is 25.2 Å². The van der Waals surface area contributed by atoms with Crippen molar-refractivity contribution < 1.29 is 17.7 Å². The first-order valence-corrected chi connectivity index (χ1v) is 12.4. The third-order valence-electron chi connectivity index (χ3n) is 6.36. The summed E-state index contributed by atoms with van der Waals surface area (Å²) in [5, 5.41) is 15.7. The Morgan fingerprint density at radius 1 is 1.22 bits per heavy atom. The maximum absolute atomic E-state index is 12.8. The number of urea groups is 1. The number of piperazine rings is 1. The lowest BCUT2D eigenvalue weighted by molar-refractivity contribution is 0.0876. The van der Waals surface area contributed by atoms with E-state index in [1.54, 1.807) is 13.8 Å². The minimum atomic E-state index is -3.39. The molecule has 2 aliphatic rings. The van der Waals surface area contributed by atoms with Gasteiger partial charge in [0, 0.05) is 25.2 Å². The normalized spacial score (nSPS) is 20.8. The molecule has 2 amide bonds. The number of hydrogen-bond acceptors (Lipinski definition) is 7. The quantitative estimate of drug-likeness (QED) is 0.708. The van der Waals surface area contributed by atoms with E-state index in [-0.39, 0.29) is 28.8 Å². The summed E-state index contributed by atoms with van der Waals surface area (Å²) in [5.74, 6) is 0.645. The summed E-state index contributed by atoms with van der Waals surface area (Å²) in [7, 11) is -3.39. The van der Waals surface area contributed by atoms with Crippen molar-refractivity contribution in [1.29, 1.82) is 5.26 Å². The molecule has 0 aliphatic carbocycles. The Kier molecular flexibility index (Phi) is 6.22. The molecule has 170 valence electrons. The minimum Gasteiger partial charge on any atom is -0.359 e.